The van der Waals surface area contributed by atoms with Gasteiger partial charge in [0.2, 0.25) is 5.79 Å². The zero-order valence-corrected chi connectivity index (χ0v) is 41.0. The number of nitro groups is 1. The number of aliphatic hydroxyl groups excluding tert-OH is 2. The number of non-ortho nitro benzene ring substituents is 1. The molecule has 0 spiro atoms. The van der Waals surface area contributed by atoms with Crippen LogP contribution in [0.4, 0.5) is 10.5 Å². The zero-order valence-electron chi connectivity index (χ0n) is 40.2. The number of benzene rings is 5. The van der Waals surface area contributed by atoms with Crippen molar-refractivity contribution in [1.82, 2.24) is 4.90 Å². The van der Waals surface area contributed by atoms with Gasteiger partial charge in [0.1, 0.15) is 42.3 Å². The molecule has 0 radical (unpaired) electrons. The number of alkyl halides is 1. The van der Waals surface area contributed by atoms with Gasteiger partial charge in [-0.25, -0.2) is 4.79 Å². The second-order valence-electron chi connectivity index (χ2n) is 18.2. The fourth-order valence-corrected chi connectivity index (χ4v) is 10.8. The van der Waals surface area contributed by atoms with Crippen molar-refractivity contribution in [2.75, 3.05) is 39.4 Å². The number of carbonyl (C=O) groups excluding carboxylic acids is 2. The number of ether oxygens (including phenoxy) is 5. The highest BCUT2D eigenvalue weighted by atomic mass is 35.5. The number of nitrogens with zero attached hydrogens (tertiary/aromatic N) is 3. The van der Waals surface area contributed by atoms with Crippen LogP contribution in [0.2, 0.25) is 0 Å². The summed E-state index contributed by atoms with van der Waals surface area (Å²) in [5.74, 6) is -0.925. The largest absolute Gasteiger partial charge is 0.496 e. The van der Waals surface area contributed by atoms with E-state index in [4.69, 9.17) is 45.3 Å². The Labute approximate surface area is 423 Å². The number of nitro benzene ring substituents is 1. The molecule has 2 N–H and O–H groups in total. The van der Waals surface area contributed by atoms with Crippen LogP contribution in [0.15, 0.2) is 133 Å². The van der Waals surface area contributed by atoms with Crippen molar-refractivity contribution < 1.29 is 53.2 Å². The predicted molar refractivity (Wildman–Crippen MR) is 273 cm³/mol. The van der Waals surface area contributed by atoms with Gasteiger partial charge in [-0.05, 0) is 114 Å². The van der Waals surface area contributed by atoms with Crippen molar-refractivity contribution in [1.29, 1.82) is 0 Å². The predicted octanol–water partition coefficient (Wildman–Crippen LogP) is 11.1. The van der Waals surface area contributed by atoms with Gasteiger partial charge in [0.25, 0.3) is 5.69 Å². The Morgan fingerprint density at radius 1 is 0.972 bits per heavy atom. The van der Waals surface area contributed by atoms with Crippen molar-refractivity contribution in [3.05, 3.63) is 160 Å². The number of methoxy groups -OCH3 is 1. The Morgan fingerprint density at radius 2 is 1.72 bits per heavy atom. The van der Waals surface area contributed by atoms with Crippen LogP contribution in [0.25, 0.3) is 10.8 Å². The molecule has 378 valence electrons. The molecule has 1 heterocycles. The molecular formula is C56H60ClN3O12. The molecule has 0 bridgehead atoms. The summed E-state index contributed by atoms with van der Waals surface area (Å²) in [6.07, 6.45) is 8.08. The summed E-state index contributed by atoms with van der Waals surface area (Å²) < 4.78 is 32.4. The lowest BCUT2D eigenvalue weighted by Crippen LogP contribution is -2.70. The summed E-state index contributed by atoms with van der Waals surface area (Å²) in [6.45, 7) is 4.15. The summed E-state index contributed by atoms with van der Waals surface area (Å²) in [7, 11) is 1.49. The first-order valence-corrected chi connectivity index (χ1v) is 24.9. The molecule has 5 aromatic rings. The number of rotatable bonds is 24. The van der Waals surface area contributed by atoms with Crippen LogP contribution in [-0.4, -0.2) is 89.4 Å². The molecule has 5 aromatic carbocycles. The van der Waals surface area contributed by atoms with Crippen LogP contribution < -0.4 is 14.2 Å². The third kappa shape index (κ3) is 11.1. The lowest BCUT2D eigenvalue weighted by molar-refractivity contribution is -0.384. The second kappa shape index (κ2) is 24.1. The van der Waals surface area contributed by atoms with E-state index in [9.17, 15) is 29.9 Å². The summed E-state index contributed by atoms with van der Waals surface area (Å²) in [5, 5.41) is 38.4. The first kappa shape index (κ1) is 51.6. The van der Waals surface area contributed by atoms with Gasteiger partial charge in [0.15, 0.2) is 6.29 Å². The van der Waals surface area contributed by atoms with E-state index in [1.54, 1.807) is 47.4 Å². The number of fused-ring (bicyclic) bond motifs is 3. The molecule has 1 amide bonds. The van der Waals surface area contributed by atoms with E-state index in [0.29, 0.717) is 71.8 Å². The van der Waals surface area contributed by atoms with Gasteiger partial charge < -0.3 is 38.7 Å². The molecule has 0 aromatic heterocycles. The molecule has 15 nitrogen and oxygen atoms in total. The first-order chi connectivity index (χ1) is 35.2. The maximum absolute atomic E-state index is 14.9. The number of aliphatic hydroxyl groups is 2. The zero-order chi connectivity index (χ0) is 50.6. The molecule has 16 heteroatoms. The van der Waals surface area contributed by atoms with E-state index in [2.05, 4.69) is 12.7 Å². The normalized spacial score (nSPS) is 21.4. The number of allylic oxidation sites excluding steroid dienone is 1. The van der Waals surface area contributed by atoms with Gasteiger partial charge in [0, 0.05) is 43.2 Å². The molecule has 6 atom stereocenters. The SMILES string of the molecule is C=CCOC12Oc3ccc(Oc4ccc(OC)c(C=O)c4)cc3C3C(CCCCO)C(CCCCO)C=C(C(=NOCc4ccc([N+](=O)[O-])cc4)CC1N(Cc1cccc4ccccc14)C(=O)OCCCl)C32. The molecule has 0 saturated heterocycles. The van der Waals surface area contributed by atoms with Crippen molar-refractivity contribution >= 4 is 46.2 Å². The van der Waals surface area contributed by atoms with Crippen molar-refractivity contribution in [3.63, 3.8) is 0 Å². The lowest BCUT2D eigenvalue weighted by Gasteiger charge is -2.59. The topological polar surface area (TPSA) is 189 Å². The number of unbranched alkanes of at least 4 members (excludes halogenated alkanes) is 2. The van der Waals surface area contributed by atoms with Crippen molar-refractivity contribution in [3.8, 4) is 23.0 Å². The van der Waals surface area contributed by atoms with Crippen LogP contribution in [0.5, 0.6) is 23.0 Å². The van der Waals surface area contributed by atoms with E-state index in [0.717, 1.165) is 40.3 Å². The minimum atomic E-state index is -1.61. The van der Waals surface area contributed by atoms with Crippen LogP contribution in [-0.2, 0) is 27.5 Å². The molecule has 8 rings (SSSR count). The lowest BCUT2D eigenvalue weighted by atomic mass is 9.55. The van der Waals surface area contributed by atoms with Crippen LogP contribution in [0, 0.1) is 27.9 Å². The highest BCUT2D eigenvalue weighted by Crippen LogP contribution is 2.62. The highest BCUT2D eigenvalue weighted by molar-refractivity contribution is 6.18. The van der Waals surface area contributed by atoms with Gasteiger partial charge in [-0.3, -0.25) is 19.8 Å². The third-order valence-electron chi connectivity index (χ3n) is 13.9. The number of aldehydes is 1. The average Bonchev–Trinajstić information content (AvgIpc) is 3.40. The molecule has 6 unspecified atom stereocenters. The minimum absolute atomic E-state index is 0.00987. The number of amides is 1. The van der Waals surface area contributed by atoms with Gasteiger partial charge in [-0.15, -0.1) is 18.2 Å². The average molecular weight is 1000 g/mol. The van der Waals surface area contributed by atoms with Gasteiger partial charge in [0.05, 0.1) is 48.3 Å². The Balaban J connectivity index is 1.35. The van der Waals surface area contributed by atoms with E-state index in [1.807, 2.05) is 54.6 Å². The van der Waals surface area contributed by atoms with E-state index >= 15 is 0 Å². The first-order valence-electron chi connectivity index (χ1n) is 24.4. The monoisotopic (exact) mass is 1000 g/mol. The molecule has 2 aliphatic carbocycles. The minimum Gasteiger partial charge on any atom is -0.496 e. The fraction of sp³-hybridized carbons (Fsp3) is 0.375. The highest BCUT2D eigenvalue weighted by Gasteiger charge is 2.66. The van der Waals surface area contributed by atoms with E-state index < -0.39 is 28.8 Å². The molecule has 1 saturated carbocycles. The van der Waals surface area contributed by atoms with E-state index in [1.165, 1.54) is 19.2 Å². The van der Waals surface area contributed by atoms with Crippen LogP contribution in [0.1, 0.15) is 77.9 Å². The van der Waals surface area contributed by atoms with Gasteiger partial charge >= 0.3 is 6.09 Å². The number of carbonyl (C=O) groups is 2. The summed E-state index contributed by atoms with van der Waals surface area (Å²) >= 11 is 6.18. The van der Waals surface area contributed by atoms with Gasteiger partial charge in [-0.2, -0.15) is 0 Å². The molecular weight excluding hydrogens is 942 g/mol. The molecule has 3 aliphatic rings. The number of hydrogen-bond donors (Lipinski definition) is 2. The van der Waals surface area contributed by atoms with Crippen LogP contribution in [0.3, 0.4) is 0 Å². The molecule has 1 fully saturated rings. The maximum atomic E-state index is 14.9. The summed E-state index contributed by atoms with van der Waals surface area (Å²) in [5.41, 5.74) is 3.95. The van der Waals surface area contributed by atoms with Crippen LogP contribution >= 0.6 is 11.6 Å². The Morgan fingerprint density at radius 3 is 2.46 bits per heavy atom. The van der Waals surface area contributed by atoms with Crippen molar-refractivity contribution in [2.45, 2.75) is 75.8 Å². The Bertz CT molecular complexity index is 2780. The van der Waals surface area contributed by atoms with Gasteiger partial charge in [-0.1, -0.05) is 72.6 Å². The fourth-order valence-electron chi connectivity index (χ4n) is 10.7. The molecule has 72 heavy (non-hydrogen) atoms. The Kier molecular flexibility index (Phi) is 17.3. The summed E-state index contributed by atoms with van der Waals surface area (Å²) in [4.78, 5) is 45.9. The van der Waals surface area contributed by atoms with Crippen molar-refractivity contribution in [2.24, 2.45) is 22.9 Å². The standard InChI is InChI=1S/C56H60ClN3O12/c1-3-28-69-56-52(59(55(64)68-29-25-57)34-40-14-10-13-38-11-4-5-15-45(38)40)33-49(58-70-36-37-17-19-42(20-18-37)60(65)66)47-31-39(12-6-8-26-61)46(16-7-9-27-62)53(54(47)56)48-32-44(22-24-51(48)72-56)71-43-21-23-50(67-2)41(30-43)35-63/h3-5,10-11,13-15,17-24,30-32,35,39,46,52-54,61-62H,1,6-9,12,16,25-29,33-34,36H2,2H3. The maximum Gasteiger partial charge on any atom is 0.410 e. The second-order valence-corrected chi connectivity index (χ2v) is 18.5. The van der Waals surface area contributed by atoms with E-state index in [-0.39, 0.29) is 75.3 Å². The summed E-state index contributed by atoms with van der Waals surface area (Å²) in [6, 6.07) is 29.7. The third-order valence-corrected chi connectivity index (χ3v) is 14.0. The number of hydrogen-bond acceptors (Lipinski definition) is 13. The quantitative estimate of drug-likeness (QED) is 0.0149. The number of halogens is 1. The number of oxime groups is 1. The smallest absolute Gasteiger partial charge is 0.410 e. The Hall–Kier alpha value is -6.78. The molecule has 1 aliphatic heterocycles.